The second kappa shape index (κ2) is 5.33. The van der Waals surface area contributed by atoms with E-state index in [9.17, 15) is 4.39 Å². The quantitative estimate of drug-likeness (QED) is 0.724. The van der Waals surface area contributed by atoms with Gasteiger partial charge in [-0.05, 0) is 36.2 Å². The Kier molecular flexibility index (Phi) is 3.51. The number of halogens is 2. The molecule has 3 nitrogen and oxygen atoms in total. The van der Waals surface area contributed by atoms with Crippen molar-refractivity contribution in [3.05, 3.63) is 58.3 Å². The second-order valence-electron chi connectivity index (χ2n) is 4.72. The van der Waals surface area contributed by atoms with Crippen LogP contribution in [-0.4, -0.2) is 5.16 Å². The summed E-state index contributed by atoms with van der Waals surface area (Å²) in [6.45, 7) is 1.71. The van der Waals surface area contributed by atoms with E-state index in [-0.39, 0.29) is 11.6 Å². The lowest BCUT2D eigenvalue weighted by Gasteiger charge is -2.06. The van der Waals surface area contributed by atoms with Gasteiger partial charge in [0.15, 0.2) is 11.6 Å². The van der Waals surface area contributed by atoms with Crippen molar-refractivity contribution in [1.29, 1.82) is 0 Å². The standard InChI is InChI=1S/C16H12BrFN2O/c1-9-4-2-7-12(14(9)18)15-13(16(19)20-21-15)10-5-3-6-11(17)8-10/h2-8H,1H3,(H2,19,20). The molecule has 0 bridgehead atoms. The summed E-state index contributed by atoms with van der Waals surface area (Å²) in [5, 5.41) is 3.79. The summed E-state index contributed by atoms with van der Waals surface area (Å²) in [5.41, 5.74) is 8.22. The van der Waals surface area contributed by atoms with Crippen LogP contribution in [0, 0.1) is 12.7 Å². The summed E-state index contributed by atoms with van der Waals surface area (Å²) in [7, 11) is 0. The van der Waals surface area contributed by atoms with Crippen LogP contribution in [0.5, 0.6) is 0 Å². The van der Waals surface area contributed by atoms with Crippen molar-refractivity contribution >= 4 is 21.7 Å². The summed E-state index contributed by atoms with van der Waals surface area (Å²) in [6, 6.07) is 12.7. The van der Waals surface area contributed by atoms with Crippen LogP contribution in [0.4, 0.5) is 10.2 Å². The first kappa shape index (κ1) is 13.8. The Labute approximate surface area is 129 Å². The molecule has 0 saturated carbocycles. The van der Waals surface area contributed by atoms with Gasteiger partial charge in [-0.15, -0.1) is 0 Å². The third-order valence-electron chi connectivity index (χ3n) is 3.27. The summed E-state index contributed by atoms with van der Waals surface area (Å²) in [5.74, 6) is 0.251. The number of rotatable bonds is 2. The number of anilines is 1. The number of aromatic nitrogens is 1. The van der Waals surface area contributed by atoms with Crippen LogP contribution in [0.15, 0.2) is 51.5 Å². The molecule has 3 rings (SSSR count). The minimum atomic E-state index is -0.329. The molecule has 0 fully saturated rings. The van der Waals surface area contributed by atoms with Gasteiger partial charge in [-0.3, -0.25) is 0 Å². The fourth-order valence-corrected chi connectivity index (χ4v) is 2.63. The molecule has 3 aromatic rings. The number of hydrogen-bond donors (Lipinski definition) is 1. The minimum absolute atomic E-state index is 0.240. The van der Waals surface area contributed by atoms with Crippen molar-refractivity contribution < 1.29 is 8.91 Å². The van der Waals surface area contributed by atoms with Crippen molar-refractivity contribution in [2.45, 2.75) is 6.92 Å². The Morgan fingerprint density at radius 1 is 1.19 bits per heavy atom. The molecule has 21 heavy (non-hydrogen) atoms. The zero-order valence-electron chi connectivity index (χ0n) is 11.2. The number of benzene rings is 2. The predicted octanol–water partition coefficient (Wildman–Crippen LogP) is 4.80. The SMILES string of the molecule is Cc1cccc(-c2onc(N)c2-c2cccc(Br)c2)c1F. The normalized spacial score (nSPS) is 10.8. The first-order chi connectivity index (χ1) is 10.1. The predicted molar refractivity (Wildman–Crippen MR) is 84.2 cm³/mol. The molecule has 106 valence electrons. The van der Waals surface area contributed by atoms with E-state index in [1.807, 2.05) is 24.3 Å². The largest absolute Gasteiger partial charge is 0.380 e. The van der Waals surface area contributed by atoms with Gasteiger partial charge in [0, 0.05) is 4.47 Å². The molecule has 0 saturated heterocycles. The molecule has 5 heteroatoms. The van der Waals surface area contributed by atoms with Gasteiger partial charge in [0.2, 0.25) is 0 Å². The van der Waals surface area contributed by atoms with Crippen molar-refractivity contribution in [1.82, 2.24) is 5.16 Å². The van der Waals surface area contributed by atoms with Crippen molar-refractivity contribution in [2.75, 3.05) is 5.73 Å². The molecule has 2 N–H and O–H groups in total. The van der Waals surface area contributed by atoms with Crippen LogP contribution >= 0.6 is 15.9 Å². The highest BCUT2D eigenvalue weighted by molar-refractivity contribution is 9.10. The third kappa shape index (κ3) is 2.45. The Hall–Kier alpha value is -2.14. The Morgan fingerprint density at radius 2 is 1.95 bits per heavy atom. The van der Waals surface area contributed by atoms with Gasteiger partial charge < -0.3 is 10.3 Å². The number of hydrogen-bond acceptors (Lipinski definition) is 3. The molecular weight excluding hydrogens is 335 g/mol. The topological polar surface area (TPSA) is 52.0 Å². The maximum atomic E-state index is 14.3. The van der Waals surface area contributed by atoms with Gasteiger partial charge in [0.05, 0.1) is 11.1 Å². The summed E-state index contributed by atoms with van der Waals surface area (Å²) in [4.78, 5) is 0. The summed E-state index contributed by atoms with van der Waals surface area (Å²) >= 11 is 3.41. The lowest BCUT2D eigenvalue weighted by molar-refractivity contribution is 0.433. The fraction of sp³-hybridized carbons (Fsp3) is 0.0625. The number of aryl methyl sites for hydroxylation is 1. The second-order valence-corrected chi connectivity index (χ2v) is 5.63. The molecule has 0 aliphatic rings. The molecule has 0 amide bonds. The molecule has 1 aromatic heterocycles. The van der Waals surface area contributed by atoms with E-state index in [0.717, 1.165) is 10.0 Å². The molecule has 0 atom stereocenters. The molecule has 0 aliphatic heterocycles. The monoisotopic (exact) mass is 346 g/mol. The van der Waals surface area contributed by atoms with E-state index in [1.165, 1.54) is 0 Å². The number of nitrogen functional groups attached to an aromatic ring is 1. The van der Waals surface area contributed by atoms with E-state index in [2.05, 4.69) is 21.1 Å². The van der Waals surface area contributed by atoms with Crippen molar-refractivity contribution in [3.63, 3.8) is 0 Å². The fourth-order valence-electron chi connectivity index (χ4n) is 2.23. The molecule has 0 radical (unpaired) electrons. The van der Waals surface area contributed by atoms with E-state index in [4.69, 9.17) is 10.3 Å². The van der Waals surface area contributed by atoms with E-state index >= 15 is 0 Å². The van der Waals surface area contributed by atoms with Crippen LogP contribution in [0.2, 0.25) is 0 Å². The maximum Gasteiger partial charge on any atom is 0.179 e. The summed E-state index contributed by atoms with van der Waals surface area (Å²) < 4.78 is 20.5. The van der Waals surface area contributed by atoms with Gasteiger partial charge >= 0.3 is 0 Å². The van der Waals surface area contributed by atoms with E-state index in [0.29, 0.717) is 22.5 Å². The molecule has 0 aliphatic carbocycles. The Morgan fingerprint density at radius 3 is 2.71 bits per heavy atom. The zero-order valence-corrected chi connectivity index (χ0v) is 12.8. The average molecular weight is 347 g/mol. The van der Waals surface area contributed by atoms with Crippen molar-refractivity contribution in [3.8, 4) is 22.5 Å². The van der Waals surface area contributed by atoms with Gasteiger partial charge in [-0.25, -0.2) is 4.39 Å². The molecule has 1 heterocycles. The summed E-state index contributed by atoms with van der Waals surface area (Å²) in [6.07, 6.45) is 0. The number of nitrogens with two attached hydrogens (primary N) is 1. The maximum absolute atomic E-state index is 14.3. The van der Waals surface area contributed by atoms with E-state index < -0.39 is 0 Å². The van der Waals surface area contributed by atoms with Crippen LogP contribution in [0.1, 0.15) is 5.56 Å². The zero-order chi connectivity index (χ0) is 15.0. The highest BCUT2D eigenvalue weighted by atomic mass is 79.9. The van der Waals surface area contributed by atoms with Gasteiger partial charge in [0.1, 0.15) is 5.82 Å². The molecule has 0 unspecified atom stereocenters. The minimum Gasteiger partial charge on any atom is -0.380 e. The van der Waals surface area contributed by atoms with Gasteiger partial charge in [-0.1, -0.05) is 45.4 Å². The average Bonchev–Trinajstić information content (AvgIpc) is 2.83. The first-order valence-electron chi connectivity index (χ1n) is 6.34. The van der Waals surface area contributed by atoms with Crippen molar-refractivity contribution in [2.24, 2.45) is 0 Å². The van der Waals surface area contributed by atoms with Crippen LogP contribution < -0.4 is 5.73 Å². The third-order valence-corrected chi connectivity index (χ3v) is 3.76. The highest BCUT2D eigenvalue weighted by Gasteiger charge is 2.21. The lowest BCUT2D eigenvalue weighted by atomic mass is 10.00. The molecule has 2 aromatic carbocycles. The Balaban J connectivity index is 2.24. The lowest BCUT2D eigenvalue weighted by Crippen LogP contribution is -1.91. The van der Waals surface area contributed by atoms with E-state index in [1.54, 1.807) is 25.1 Å². The smallest absolute Gasteiger partial charge is 0.179 e. The van der Waals surface area contributed by atoms with Crippen LogP contribution in [-0.2, 0) is 0 Å². The van der Waals surface area contributed by atoms with Crippen LogP contribution in [0.3, 0.4) is 0 Å². The first-order valence-corrected chi connectivity index (χ1v) is 7.14. The molecule has 0 spiro atoms. The number of nitrogens with zero attached hydrogens (tertiary/aromatic N) is 1. The molecular formula is C16H12BrFN2O. The van der Waals surface area contributed by atoms with Gasteiger partial charge in [0.25, 0.3) is 0 Å². The Bertz CT molecular complexity index is 814. The van der Waals surface area contributed by atoms with Gasteiger partial charge in [-0.2, -0.15) is 0 Å². The van der Waals surface area contributed by atoms with Crippen LogP contribution in [0.25, 0.3) is 22.5 Å². The highest BCUT2D eigenvalue weighted by Crippen LogP contribution is 2.38.